The van der Waals surface area contributed by atoms with Crippen molar-refractivity contribution >= 4 is 33.2 Å². The fourth-order valence-electron chi connectivity index (χ4n) is 2.60. The standard InChI is InChI=1S/C20H24N4O2S/c1-13(21)12-24(19(25)26-20(2,3)4)17-11-23-18(27-17)15-5-6-16-10-22-8-7-14(16)9-15/h5-11,13H,12,21H2,1-4H3/t13-/m0/s1. The van der Waals surface area contributed by atoms with Crippen LogP contribution in [0.15, 0.2) is 42.9 Å². The Kier molecular flexibility index (Phi) is 5.43. The number of hydrogen-bond acceptors (Lipinski definition) is 6. The number of ether oxygens (including phenoxy) is 1. The number of nitrogens with two attached hydrogens (primary N) is 1. The van der Waals surface area contributed by atoms with Crippen LogP contribution in [0.25, 0.3) is 21.3 Å². The molecule has 0 aliphatic carbocycles. The number of hydrogen-bond donors (Lipinski definition) is 1. The third-order valence-corrected chi connectivity index (χ3v) is 4.80. The first-order valence-corrected chi connectivity index (χ1v) is 9.61. The zero-order valence-corrected chi connectivity index (χ0v) is 16.8. The highest BCUT2D eigenvalue weighted by Gasteiger charge is 2.26. The number of amides is 1. The first kappa shape index (κ1) is 19.3. The summed E-state index contributed by atoms with van der Waals surface area (Å²) in [6.45, 7) is 7.75. The van der Waals surface area contributed by atoms with Crippen LogP contribution >= 0.6 is 11.3 Å². The van der Waals surface area contributed by atoms with Gasteiger partial charge in [-0.3, -0.25) is 9.88 Å². The van der Waals surface area contributed by atoms with Gasteiger partial charge in [-0.25, -0.2) is 9.78 Å². The highest BCUT2D eigenvalue weighted by Crippen LogP contribution is 2.33. The molecule has 0 spiro atoms. The van der Waals surface area contributed by atoms with Crippen LogP contribution in [0.3, 0.4) is 0 Å². The SMILES string of the molecule is C[C@H](N)CN(C(=O)OC(C)(C)C)c1cnc(-c2ccc3cnccc3c2)s1. The average molecular weight is 385 g/mol. The summed E-state index contributed by atoms with van der Waals surface area (Å²) in [6, 6.07) is 7.89. The van der Waals surface area contributed by atoms with Gasteiger partial charge in [-0.1, -0.05) is 23.5 Å². The molecule has 2 N–H and O–H groups in total. The average Bonchev–Trinajstić information content (AvgIpc) is 3.07. The van der Waals surface area contributed by atoms with Gasteiger partial charge in [0, 0.05) is 35.9 Å². The summed E-state index contributed by atoms with van der Waals surface area (Å²) in [5.74, 6) is 0. The smallest absolute Gasteiger partial charge is 0.415 e. The zero-order valence-electron chi connectivity index (χ0n) is 16.0. The Morgan fingerprint density at radius 3 is 2.74 bits per heavy atom. The molecule has 0 aliphatic rings. The van der Waals surface area contributed by atoms with Gasteiger partial charge in [0.15, 0.2) is 0 Å². The second-order valence-corrected chi connectivity index (χ2v) is 8.52. The fraction of sp³-hybridized carbons (Fsp3) is 0.350. The van der Waals surface area contributed by atoms with Gasteiger partial charge < -0.3 is 10.5 Å². The van der Waals surface area contributed by atoms with Crippen molar-refractivity contribution < 1.29 is 9.53 Å². The van der Waals surface area contributed by atoms with Gasteiger partial charge in [0.25, 0.3) is 0 Å². The third-order valence-electron chi connectivity index (χ3n) is 3.73. The largest absolute Gasteiger partial charge is 0.443 e. The molecule has 1 amide bonds. The molecular weight excluding hydrogens is 360 g/mol. The van der Waals surface area contributed by atoms with Crippen molar-refractivity contribution in [1.82, 2.24) is 9.97 Å². The Morgan fingerprint density at radius 2 is 2.04 bits per heavy atom. The maximum absolute atomic E-state index is 12.6. The minimum Gasteiger partial charge on any atom is -0.443 e. The first-order valence-electron chi connectivity index (χ1n) is 8.79. The normalized spacial score (nSPS) is 12.8. The van der Waals surface area contributed by atoms with E-state index in [2.05, 4.69) is 16.0 Å². The van der Waals surface area contributed by atoms with Gasteiger partial charge in [-0.05, 0) is 45.2 Å². The monoisotopic (exact) mass is 384 g/mol. The molecule has 2 heterocycles. The van der Waals surface area contributed by atoms with E-state index in [1.165, 1.54) is 11.3 Å². The lowest BCUT2D eigenvalue weighted by atomic mass is 10.1. The molecule has 3 rings (SSSR count). The van der Waals surface area contributed by atoms with Crippen LogP contribution in [-0.2, 0) is 4.74 Å². The second kappa shape index (κ2) is 7.62. The lowest BCUT2D eigenvalue weighted by Gasteiger charge is -2.27. The number of rotatable bonds is 4. The number of anilines is 1. The van der Waals surface area contributed by atoms with Gasteiger partial charge in [0.05, 0.1) is 6.20 Å². The summed E-state index contributed by atoms with van der Waals surface area (Å²) in [5.41, 5.74) is 6.36. The van der Waals surface area contributed by atoms with E-state index >= 15 is 0 Å². The summed E-state index contributed by atoms with van der Waals surface area (Å²) >= 11 is 1.44. The third kappa shape index (κ3) is 4.81. The number of carbonyl (C=O) groups excluding carboxylic acids is 1. The van der Waals surface area contributed by atoms with Crippen molar-refractivity contribution in [1.29, 1.82) is 0 Å². The molecule has 27 heavy (non-hydrogen) atoms. The number of fused-ring (bicyclic) bond motifs is 1. The number of aromatic nitrogens is 2. The van der Waals surface area contributed by atoms with Crippen LogP contribution in [-0.4, -0.2) is 34.2 Å². The Hall–Kier alpha value is -2.51. The van der Waals surface area contributed by atoms with Crippen LogP contribution in [0.1, 0.15) is 27.7 Å². The molecular formula is C20H24N4O2S. The van der Waals surface area contributed by atoms with Gasteiger partial charge in [0.2, 0.25) is 0 Å². The van der Waals surface area contributed by atoms with E-state index in [0.717, 1.165) is 21.3 Å². The summed E-state index contributed by atoms with van der Waals surface area (Å²) < 4.78 is 5.53. The van der Waals surface area contributed by atoms with Crippen molar-refractivity contribution in [3.05, 3.63) is 42.9 Å². The molecule has 2 aromatic heterocycles. The summed E-state index contributed by atoms with van der Waals surface area (Å²) in [6.07, 6.45) is 4.88. The van der Waals surface area contributed by atoms with Gasteiger partial charge in [-0.15, -0.1) is 0 Å². The van der Waals surface area contributed by atoms with E-state index in [9.17, 15) is 4.79 Å². The predicted molar refractivity (Wildman–Crippen MR) is 110 cm³/mol. The second-order valence-electron chi connectivity index (χ2n) is 7.51. The van der Waals surface area contributed by atoms with Crippen molar-refractivity contribution in [2.24, 2.45) is 5.73 Å². The summed E-state index contributed by atoms with van der Waals surface area (Å²) in [5, 5.41) is 3.72. The molecule has 3 aromatic rings. The lowest BCUT2D eigenvalue weighted by molar-refractivity contribution is 0.0579. The molecule has 0 aliphatic heterocycles. The number of benzene rings is 1. The van der Waals surface area contributed by atoms with Crippen LogP contribution < -0.4 is 10.6 Å². The minimum atomic E-state index is -0.576. The number of carbonyl (C=O) groups is 1. The molecule has 142 valence electrons. The van der Waals surface area contributed by atoms with Crippen molar-refractivity contribution in [2.75, 3.05) is 11.4 Å². The van der Waals surface area contributed by atoms with Gasteiger partial charge in [-0.2, -0.15) is 0 Å². The van der Waals surface area contributed by atoms with Crippen LogP contribution in [0.5, 0.6) is 0 Å². The Bertz CT molecular complexity index is 946. The summed E-state index contributed by atoms with van der Waals surface area (Å²) in [7, 11) is 0. The maximum atomic E-state index is 12.6. The number of pyridine rings is 1. The highest BCUT2D eigenvalue weighted by molar-refractivity contribution is 7.19. The van der Waals surface area contributed by atoms with Crippen molar-refractivity contribution in [3.8, 4) is 10.6 Å². The molecule has 0 radical (unpaired) electrons. The fourth-order valence-corrected chi connectivity index (χ4v) is 3.51. The lowest BCUT2D eigenvalue weighted by Crippen LogP contribution is -2.42. The quantitative estimate of drug-likeness (QED) is 0.719. The molecule has 6 nitrogen and oxygen atoms in total. The van der Waals surface area contributed by atoms with E-state index in [1.54, 1.807) is 17.3 Å². The van der Waals surface area contributed by atoms with Crippen LogP contribution in [0, 0.1) is 0 Å². The van der Waals surface area contributed by atoms with E-state index in [4.69, 9.17) is 10.5 Å². The molecule has 0 saturated heterocycles. The van der Waals surface area contributed by atoms with Crippen LogP contribution in [0.2, 0.25) is 0 Å². The van der Waals surface area contributed by atoms with Gasteiger partial charge in [0.1, 0.15) is 15.6 Å². The highest BCUT2D eigenvalue weighted by atomic mass is 32.1. The molecule has 7 heteroatoms. The van der Waals surface area contributed by atoms with Gasteiger partial charge >= 0.3 is 6.09 Å². The first-order chi connectivity index (χ1) is 12.7. The molecule has 1 aromatic carbocycles. The molecule has 1 atom stereocenters. The Labute approximate surface area is 163 Å². The minimum absolute atomic E-state index is 0.184. The molecule has 0 unspecified atom stereocenters. The predicted octanol–water partition coefficient (Wildman–Crippen LogP) is 4.45. The summed E-state index contributed by atoms with van der Waals surface area (Å²) in [4.78, 5) is 22.8. The van der Waals surface area contributed by atoms with Crippen molar-refractivity contribution in [3.63, 3.8) is 0 Å². The Balaban J connectivity index is 1.91. The molecule has 0 bridgehead atoms. The Morgan fingerprint density at radius 1 is 1.26 bits per heavy atom. The molecule has 0 saturated carbocycles. The number of thiazole rings is 1. The van der Waals surface area contributed by atoms with Crippen LogP contribution in [0.4, 0.5) is 9.80 Å². The van der Waals surface area contributed by atoms with E-state index in [1.807, 2.05) is 52.1 Å². The van der Waals surface area contributed by atoms with Crippen molar-refractivity contribution in [2.45, 2.75) is 39.3 Å². The van der Waals surface area contributed by atoms with E-state index in [-0.39, 0.29) is 6.04 Å². The maximum Gasteiger partial charge on any atom is 0.415 e. The topological polar surface area (TPSA) is 81.3 Å². The molecule has 0 fully saturated rings. The number of nitrogens with zero attached hydrogens (tertiary/aromatic N) is 3. The zero-order chi connectivity index (χ0) is 19.6. The van der Waals surface area contributed by atoms with E-state index in [0.29, 0.717) is 11.5 Å². The van der Waals surface area contributed by atoms with E-state index < -0.39 is 11.7 Å².